The van der Waals surface area contributed by atoms with Gasteiger partial charge in [0.1, 0.15) is 11.9 Å². The third-order valence-electron chi connectivity index (χ3n) is 4.46. The second-order valence-corrected chi connectivity index (χ2v) is 5.87. The van der Waals surface area contributed by atoms with E-state index in [2.05, 4.69) is 18.3 Å². The zero-order valence-corrected chi connectivity index (χ0v) is 12.0. The molecule has 0 radical (unpaired) electrons. The van der Waals surface area contributed by atoms with Crippen molar-refractivity contribution in [3.8, 4) is 6.07 Å². The molecule has 4 nitrogen and oxygen atoms in total. The zero-order valence-electron chi connectivity index (χ0n) is 12.0. The maximum Gasteiger partial charge on any atom is 0.144 e. The van der Waals surface area contributed by atoms with E-state index in [4.69, 9.17) is 9.72 Å². The normalized spacial score (nSPS) is 22.9. The average molecular weight is 271 g/mol. The van der Waals surface area contributed by atoms with Gasteiger partial charge in [-0.05, 0) is 50.7 Å². The Kier molecular flexibility index (Phi) is 3.88. The Hall–Kier alpha value is -1.60. The van der Waals surface area contributed by atoms with Crippen LogP contribution in [0.5, 0.6) is 0 Å². The van der Waals surface area contributed by atoms with E-state index < -0.39 is 0 Å². The predicted molar refractivity (Wildman–Crippen MR) is 77.6 cm³/mol. The van der Waals surface area contributed by atoms with Gasteiger partial charge in [0.25, 0.3) is 0 Å². The van der Waals surface area contributed by atoms with Crippen LogP contribution < -0.4 is 5.32 Å². The summed E-state index contributed by atoms with van der Waals surface area (Å²) in [4.78, 5) is 4.72. The number of hydrogen-bond donors (Lipinski definition) is 1. The highest BCUT2D eigenvalue weighted by Gasteiger charge is 2.24. The van der Waals surface area contributed by atoms with Crippen LogP contribution in [-0.4, -0.2) is 24.2 Å². The molecule has 106 valence electrons. The topological polar surface area (TPSA) is 57.9 Å². The lowest BCUT2D eigenvalue weighted by Gasteiger charge is -2.22. The van der Waals surface area contributed by atoms with E-state index in [1.807, 2.05) is 6.07 Å². The summed E-state index contributed by atoms with van der Waals surface area (Å²) in [5.41, 5.74) is 3.11. The SMILES string of the molecule is CC(Nc1nc2c(cc1C#N)CCCC2)C1CCOC1. The molecule has 2 unspecified atom stereocenters. The second-order valence-electron chi connectivity index (χ2n) is 5.87. The molecule has 1 aliphatic heterocycles. The first kappa shape index (κ1) is 13.4. The molecule has 1 saturated heterocycles. The number of aromatic nitrogens is 1. The lowest BCUT2D eigenvalue weighted by atomic mass is 9.94. The Bertz CT molecular complexity index is 529. The molecule has 1 N–H and O–H groups in total. The third kappa shape index (κ3) is 2.64. The van der Waals surface area contributed by atoms with Gasteiger partial charge in [0.15, 0.2) is 0 Å². The van der Waals surface area contributed by atoms with Crippen molar-refractivity contribution in [1.82, 2.24) is 4.98 Å². The first-order valence-electron chi connectivity index (χ1n) is 7.55. The van der Waals surface area contributed by atoms with Crippen molar-refractivity contribution in [2.45, 2.75) is 45.1 Å². The van der Waals surface area contributed by atoms with Crippen LogP contribution in [0, 0.1) is 17.2 Å². The van der Waals surface area contributed by atoms with Crippen LogP contribution >= 0.6 is 0 Å². The van der Waals surface area contributed by atoms with E-state index in [-0.39, 0.29) is 0 Å². The highest BCUT2D eigenvalue weighted by molar-refractivity contribution is 5.55. The minimum absolute atomic E-state index is 0.291. The van der Waals surface area contributed by atoms with Crippen molar-refractivity contribution in [2.75, 3.05) is 18.5 Å². The van der Waals surface area contributed by atoms with Crippen molar-refractivity contribution in [3.63, 3.8) is 0 Å². The van der Waals surface area contributed by atoms with Gasteiger partial charge in [0.2, 0.25) is 0 Å². The molecule has 1 aromatic rings. The molecule has 0 spiro atoms. The molecule has 1 aliphatic carbocycles. The molecule has 2 heterocycles. The van der Waals surface area contributed by atoms with Crippen molar-refractivity contribution >= 4 is 5.82 Å². The van der Waals surface area contributed by atoms with Crippen LogP contribution in [0.25, 0.3) is 0 Å². The summed E-state index contributed by atoms with van der Waals surface area (Å²) in [6, 6.07) is 4.61. The Morgan fingerprint density at radius 1 is 1.45 bits per heavy atom. The smallest absolute Gasteiger partial charge is 0.144 e. The summed E-state index contributed by atoms with van der Waals surface area (Å²) >= 11 is 0. The molecule has 3 rings (SSSR count). The number of nitriles is 1. The quantitative estimate of drug-likeness (QED) is 0.918. The number of fused-ring (bicyclic) bond motifs is 1. The van der Waals surface area contributed by atoms with E-state index in [0.717, 1.165) is 38.3 Å². The van der Waals surface area contributed by atoms with Gasteiger partial charge in [-0.3, -0.25) is 0 Å². The molecule has 2 atom stereocenters. The minimum atomic E-state index is 0.291. The van der Waals surface area contributed by atoms with Crippen LogP contribution in [0.4, 0.5) is 5.82 Å². The summed E-state index contributed by atoms with van der Waals surface area (Å²) in [5, 5.41) is 12.8. The van der Waals surface area contributed by atoms with Gasteiger partial charge in [-0.1, -0.05) is 0 Å². The number of aryl methyl sites for hydroxylation is 2. The lowest BCUT2D eigenvalue weighted by molar-refractivity contribution is 0.183. The van der Waals surface area contributed by atoms with Gasteiger partial charge in [-0.2, -0.15) is 5.26 Å². The van der Waals surface area contributed by atoms with E-state index in [1.165, 1.54) is 24.1 Å². The summed E-state index contributed by atoms with van der Waals surface area (Å²) in [6.45, 7) is 3.81. The standard InChI is InChI=1S/C16H21N3O/c1-11(13-6-7-20-10-13)18-16-14(9-17)8-12-4-2-3-5-15(12)19-16/h8,11,13H,2-7,10H2,1H3,(H,18,19). The van der Waals surface area contributed by atoms with Crippen LogP contribution in [0.1, 0.15) is 43.0 Å². The summed E-state index contributed by atoms with van der Waals surface area (Å²) in [5.74, 6) is 1.27. The van der Waals surface area contributed by atoms with Crippen molar-refractivity contribution in [1.29, 1.82) is 5.26 Å². The molecule has 20 heavy (non-hydrogen) atoms. The molecule has 0 aromatic carbocycles. The number of nitrogens with zero attached hydrogens (tertiary/aromatic N) is 2. The molecule has 2 aliphatic rings. The van der Waals surface area contributed by atoms with Crippen LogP contribution in [0.2, 0.25) is 0 Å². The van der Waals surface area contributed by atoms with Gasteiger partial charge in [0, 0.05) is 24.3 Å². The fourth-order valence-corrected chi connectivity index (χ4v) is 3.11. The Morgan fingerprint density at radius 2 is 2.30 bits per heavy atom. The van der Waals surface area contributed by atoms with Crippen LogP contribution in [-0.2, 0) is 17.6 Å². The van der Waals surface area contributed by atoms with Gasteiger partial charge in [-0.25, -0.2) is 4.98 Å². The second kappa shape index (κ2) is 5.80. The van der Waals surface area contributed by atoms with Gasteiger partial charge in [0.05, 0.1) is 12.2 Å². The number of rotatable bonds is 3. The van der Waals surface area contributed by atoms with Crippen molar-refractivity contribution in [2.24, 2.45) is 5.92 Å². The summed E-state index contributed by atoms with van der Waals surface area (Å²) < 4.78 is 5.44. The monoisotopic (exact) mass is 271 g/mol. The Labute approximate surface area is 120 Å². The highest BCUT2D eigenvalue weighted by Crippen LogP contribution is 2.26. The summed E-state index contributed by atoms with van der Waals surface area (Å²) in [7, 11) is 0. The molecular weight excluding hydrogens is 250 g/mol. The molecule has 0 bridgehead atoms. The van der Waals surface area contributed by atoms with Crippen molar-refractivity contribution < 1.29 is 4.74 Å². The van der Waals surface area contributed by atoms with Gasteiger partial charge >= 0.3 is 0 Å². The van der Waals surface area contributed by atoms with Crippen LogP contribution in [0.3, 0.4) is 0 Å². The predicted octanol–water partition coefficient (Wildman–Crippen LogP) is 2.67. The number of nitrogens with one attached hydrogen (secondary N) is 1. The lowest BCUT2D eigenvalue weighted by Crippen LogP contribution is -2.27. The van der Waals surface area contributed by atoms with Gasteiger partial charge < -0.3 is 10.1 Å². The fraction of sp³-hybridized carbons (Fsp3) is 0.625. The fourth-order valence-electron chi connectivity index (χ4n) is 3.11. The number of pyridine rings is 1. The van der Waals surface area contributed by atoms with Gasteiger partial charge in [-0.15, -0.1) is 0 Å². The number of hydrogen-bond acceptors (Lipinski definition) is 4. The van der Waals surface area contributed by atoms with Crippen LogP contribution in [0.15, 0.2) is 6.07 Å². The molecule has 0 amide bonds. The first-order chi connectivity index (χ1) is 9.78. The molecule has 1 fully saturated rings. The van der Waals surface area contributed by atoms with E-state index in [0.29, 0.717) is 17.5 Å². The maximum absolute atomic E-state index is 9.34. The van der Waals surface area contributed by atoms with E-state index >= 15 is 0 Å². The van der Waals surface area contributed by atoms with E-state index in [1.54, 1.807) is 0 Å². The average Bonchev–Trinajstić information content (AvgIpc) is 3.01. The van der Waals surface area contributed by atoms with E-state index in [9.17, 15) is 5.26 Å². The number of ether oxygens (including phenoxy) is 1. The summed E-state index contributed by atoms with van der Waals surface area (Å²) in [6.07, 6.45) is 5.60. The molecule has 4 heteroatoms. The third-order valence-corrected chi connectivity index (χ3v) is 4.46. The Balaban J connectivity index is 1.82. The minimum Gasteiger partial charge on any atom is -0.381 e. The molecular formula is C16H21N3O. The number of anilines is 1. The zero-order chi connectivity index (χ0) is 13.9. The largest absolute Gasteiger partial charge is 0.381 e. The van der Waals surface area contributed by atoms with Crippen molar-refractivity contribution in [3.05, 3.63) is 22.9 Å². The Morgan fingerprint density at radius 3 is 3.05 bits per heavy atom. The maximum atomic E-state index is 9.34. The highest BCUT2D eigenvalue weighted by atomic mass is 16.5. The molecule has 0 saturated carbocycles. The first-order valence-corrected chi connectivity index (χ1v) is 7.55. The molecule has 1 aromatic heterocycles.